The number of hydrogen-bond donors (Lipinski definition) is 0. The number of piperazine rings is 1. The number of anilines is 1. The minimum absolute atomic E-state index is 0.145. The summed E-state index contributed by atoms with van der Waals surface area (Å²) in [7, 11) is -0.603. The molecule has 9 heteroatoms. The van der Waals surface area contributed by atoms with E-state index >= 15 is 0 Å². The number of ether oxygens (including phenoxy) is 2. The highest BCUT2D eigenvalue weighted by molar-refractivity contribution is 7.89. The molecule has 3 aromatic rings. The zero-order valence-corrected chi connectivity index (χ0v) is 17.6. The maximum atomic E-state index is 13.3. The van der Waals surface area contributed by atoms with E-state index in [4.69, 9.17) is 14.0 Å². The van der Waals surface area contributed by atoms with Crippen molar-refractivity contribution < 1.29 is 22.4 Å². The second-order valence-corrected chi connectivity index (χ2v) is 8.74. The highest BCUT2D eigenvalue weighted by atomic mass is 32.2. The van der Waals surface area contributed by atoms with Gasteiger partial charge in [0, 0.05) is 43.5 Å². The van der Waals surface area contributed by atoms with E-state index in [1.165, 1.54) is 17.6 Å². The van der Waals surface area contributed by atoms with Crippen LogP contribution in [0, 0.1) is 0 Å². The molecule has 1 aliphatic heterocycles. The van der Waals surface area contributed by atoms with E-state index in [0.29, 0.717) is 37.5 Å². The van der Waals surface area contributed by atoms with Crippen LogP contribution in [0.25, 0.3) is 11.3 Å². The molecule has 2 heterocycles. The van der Waals surface area contributed by atoms with Gasteiger partial charge in [-0.1, -0.05) is 5.16 Å². The first-order chi connectivity index (χ1) is 14.5. The van der Waals surface area contributed by atoms with Crippen molar-refractivity contribution >= 4 is 15.7 Å². The Hall–Kier alpha value is -3.04. The van der Waals surface area contributed by atoms with Crippen molar-refractivity contribution in [2.45, 2.75) is 4.90 Å². The number of aromatic nitrogens is 1. The fourth-order valence-electron chi connectivity index (χ4n) is 3.52. The Morgan fingerprint density at radius 1 is 0.933 bits per heavy atom. The van der Waals surface area contributed by atoms with Crippen LogP contribution in [-0.2, 0) is 10.0 Å². The Morgan fingerprint density at radius 2 is 1.67 bits per heavy atom. The standard InChI is InChI=1S/C21H23N3O5S/c1-27-18-6-4-17(5-7-18)23-11-13-24(14-12-23)30(25,26)21-8-3-16(15-20(21)28-2)19-9-10-22-29-19/h3-10,15H,11-14H2,1-2H3. The van der Waals surface area contributed by atoms with Gasteiger partial charge in [-0.15, -0.1) is 0 Å². The molecule has 1 fully saturated rings. The van der Waals surface area contributed by atoms with E-state index in [2.05, 4.69) is 10.1 Å². The van der Waals surface area contributed by atoms with Crippen LogP contribution in [0.3, 0.4) is 0 Å². The largest absolute Gasteiger partial charge is 0.497 e. The van der Waals surface area contributed by atoms with Gasteiger partial charge in [0.25, 0.3) is 0 Å². The van der Waals surface area contributed by atoms with Crippen molar-refractivity contribution in [3.63, 3.8) is 0 Å². The van der Waals surface area contributed by atoms with Crippen LogP contribution in [0.15, 0.2) is 64.1 Å². The van der Waals surface area contributed by atoms with Gasteiger partial charge in [0.15, 0.2) is 5.76 Å². The van der Waals surface area contributed by atoms with Gasteiger partial charge in [-0.3, -0.25) is 0 Å². The molecule has 158 valence electrons. The van der Waals surface area contributed by atoms with Crippen LogP contribution < -0.4 is 14.4 Å². The molecule has 1 aliphatic rings. The highest BCUT2D eigenvalue weighted by Crippen LogP contribution is 2.32. The van der Waals surface area contributed by atoms with Crippen LogP contribution in [0.4, 0.5) is 5.69 Å². The minimum atomic E-state index is -3.69. The maximum Gasteiger partial charge on any atom is 0.246 e. The molecule has 2 aromatic carbocycles. The molecule has 0 bridgehead atoms. The number of rotatable bonds is 6. The quantitative estimate of drug-likeness (QED) is 0.596. The molecule has 30 heavy (non-hydrogen) atoms. The molecule has 0 amide bonds. The summed E-state index contributed by atoms with van der Waals surface area (Å²) in [6.07, 6.45) is 1.54. The zero-order valence-electron chi connectivity index (χ0n) is 16.8. The Morgan fingerprint density at radius 3 is 2.27 bits per heavy atom. The van der Waals surface area contributed by atoms with Crippen LogP contribution in [0.2, 0.25) is 0 Å². The van der Waals surface area contributed by atoms with Crippen LogP contribution in [-0.4, -0.2) is 58.3 Å². The fraction of sp³-hybridized carbons (Fsp3) is 0.286. The number of sulfonamides is 1. The molecule has 0 saturated carbocycles. The summed E-state index contributed by atoms with van der Waals surface area (Å²) in [6.45, 7) is 1.98. The lowest BCUT2D eigenvalue weighted by Gasteiger charge is -2.35. The summed E-state index contributed by atoms with van der Waals surface area (Å²) >= 11 is 0. The SMILES string of the molecule is COc1ccc(N2CCN(S(=O)(=O)c3ccc(-c4ccno4)cc3OC)CC2)cc1. The van der Waals surface area contributed by atoms with Crippen molar-refractivity contribution in [3.8, 4) is 22.8 Å². The summed E-state index contributed by atoms with van der Waals surface area (Å²) in [6, 6.07) is 14.4. The summed E-state index contributed by atoms with van der Waals surface area (Å²) in [5, 5.41) is 3.69. The fourth-order valence-corrected chi connectivity index (χ4v) is 5.08. The van der Waals surface area contributed by atoms with Crippen molar-refractivity contribution in [1.29, 1.82) is 0 Å². The molecular formula is C21H23N3O5S. The molecule has 0 spiro atoms. The summed E-state index contributed by atoms with van der Waals surface area (Å²) in [4.78, 5) is 2.31. The molecule has 0 unspecified atom stereocenters. The molecule has 4 rings (SSSR count). The third-order valence-electron chi connectivity index (χ3n) is 5.18. The third-order valence-corrected chi connectivity index (χ3v) is 7.12. The average Bonchev–Trinajstić information content (AvgIpc) is 3.34. The molecule has 0 aliphatic carbocycles. The first kappa shape index (κ1) is 20.2. The smallest absolute Gasteiger partial charge is 0.246 e. The molecule has 0 atom stereocenters. The predicted molar refractivity (Wildman–Crippen MR) is 112 cm³/mol. The van der Waals surface area contributed by atoms with E-state index in [1.807, 2.05) is 24.3 Å². The lowest BCUT2D eigenvalue weighted by atomic mass is 10.1. The van der Waals surface area contributed by atoms with Crippen molar-refractivity contribution in [2.24, 2.45) is 0 Å². The first-order valence-corrected chi connectivity index (χ1v) is 10.9. The predicted octanol–water partition coefficient (Wildman–Crippen LogP) is 2.87. The molecule has 8 nitrogen and oxygen atoms in total. The van der Waals surface area contributed by atoms with Crippen molar-refractivity contribution in [2.75, 3.05) is 45.3 Å². The summed E-state index contributed by atoms with van der Waals surface area (Å²) < 4.78 is 43.8. The number of methoxy groups -OCH3 is 2. The van der Waals surface area contributed by atoms with Gasteiger partial charge >= 0.3 is 0 Å². The third kappa shape index (κ3) is 3.86. The molecule has 0 N–H and O–H groups in total. The second kappa shape index (κ2) is 8.37. The van der Waals surface area contributed by atoms with E-state index in [9.17, 15) is 8.42 Å². The molecule has 0 radical (unpaired) electrons. The number of hydrogen-bond acceptors (Lipinski definition) is 7. The Kier molecular flexibility index (Phi) is 5.65. The normalized spacial score (nSPS) is 15.2. The lowest BCUT2D eigenvalue weighted by molar-refractivity contribution is 0.374. The van der Waals surface area contributed by atoms with E-state index in [0.717, 1.165) is 11.4 Å². The van der Waals surface area contributed by atoms with Gasteiger partial charge < -0.3 is 18.9 Å². The Balaban J connectivity index is 1.51. The topological polar surface area (TPSA) is 85.1 Å². The van der Waals surface area contributed by atoms with Crippen molar-refractivity contribution in [3.05, 3.63) is 54.7 Å². The van der Waals surface area contributed by atoms with E-state index in [1.54, 1.807) is 31.4 Å². The highest BCUT2D eigenvalue weighted by Gasteiger charge is 2.31. The van der Waals surface area contributed by atoms with E-state index < -0.39 is 10.0 Å². The van der Waals surface area contributed by atoms with Gasteiger partial charge in [-0.05, 0) is 42.5 Å². The minimum Gasteiger partial charge on any atom is -0.497 e. The maximum absolute atomic E-state index is 13.3. The van der Waals surface area contributed by atoms with Gasteiger partial charge in [-0.2, -0.15) is 4.31 Å². The molecule has 1 aromatic heterocycles. The van der Waals surface area contributed by atoms with Gasteiger partial charge in [-0.25, -0.2) is 8.42 Å². The number of benzene rings is 2. The van der Waals surface area contributed by atoms with Gasteiger partial charge in [0.1, 0.15) is 16.4 Å². The zero-order chi connectivity index (χ0) is 21.1. The van der Waals surface area contributed by atoms with Crippen molar-refractivity contribution in [1.82, 2.24) is 9.46 Å². The summed E-state index contributed by atoms with van der Waals surface area (Å²) in [5.74, 6) is 1.62. The summed E-state index contributed by atoms with van der Waals surface area (Å²) in [5.41, 5.74) is 1.74. The monoisotopic (exact) mass is 429 g/mol. The van der Waals surface area contributed by atoms with E-state index in [-0.39, 0.29) is 10.6 Å². The average molecular weight is 429 g/mol. The molecular weight excluding hydrogens is 406 g/mol. The Bertz CT molecular complexity index is 1090. The first-order valence-electron chi connectivity index (χ1n) is 9.51. The van der Waals surface area contributed by atoms with Crippen LogP contribution in [0.5, 0.6) is 11.5 Å². The Labute approximate surface area is 175 Å². The molecule has 1 saturated heterocycles. The second-order valence-electron chi connectivity index (χ2n) is 6.83. The van der Waals surface area contributed by atoms with Gasteiger partial charge in [0.2, 0.25) is 10.0 Å². The van der Waals surface area contributed by atoms with Crippen LogP contribution in [0.1, 0.15) is 0 Å². The van der Waals surface area contributed by atoms with Gasteiger partial charge in [0.05, 0.1) is 20.4 Å². The number of nitrogens with zero attached hydrogens (tertiary/aromatic N) is 3. The lowest BCUT2D eigenvalue weighted by Crippen LogP contribution is -2.48. The van der Waals surface area contributed by atoms with Crippen LogP contribution >= 0.6 is 0 Å².